The summed E-state index contributed by atoms with van der Waals surface area (Å²) in [7, 11) is -4.64. The van der Waals surface area contributed by atoms with Crippen molar-refractivity contribution in [3.63, 3.8) is 0 Å². The van der Waals surface area contributed by atoms with E-state index in [1.165, 1.54) is 70.6 Å². The average Bonchev–Trinajstić information content (AvgIpc) is 3.17. The molecule has 0 fully saturated rings. The molecule has 12 nitrogen and oxygen atoms in total. The van der Waals surface area contributed by atoms with Gasteiger partial charge in [-0.25, -0.2) is 4.57 Å². The summed E-state index contributed by atoms with van der Waals surface area (Å²) < 4.78 is 32.7. The minimum Gasteiger partial charge on any atom is -0.462 e. The smallest absolute Gasteiger partial charge is 0.462 e. The summed E-state index contributed by atoms with van der Waals surface area (Å²) in [6.45, 7) is 2.19. The van der Waals surface area contributed by atoms with Crippen LogP contribution in [0.5, 0.6) is 0 Å². The second-order valence-electron chi connectivity index (χ2n) is 15.4. The molecule has 0 rings (SSSR count). The van der Waals surface area contributed by atoms with Crippen LogP contribution in [0.15, 0.2) is 0 Å². The van der Waals surface area contributed by atoms with Crippen LogP contribution in [0.25, 0.3) is 0 Å². The third-order valence-corrected chi connectivity index (χ3v) is 10.9. The molecule has 0 aromatic carbocycles. The number of ether oxygens (including phenoxy) is 2. The molecular formula is C42H83O12P. The summed E-state index contributed by atoms with van der Waals surface area (Å²) in [5.74, 6) is -0.989. The third kappa shape index (κ3) is 36.9. The van der Waals surface area contributed by atoms with Crippen LogP contribution in [0.4, 0.5) is 0 Å². The first-order valence-corrected chi connectivity index (χ1v) is 23.7. The van der Waals surface area contributed by atoms with Crippen molar-refractivity contribution in [1.82, 2.24) is 0 Å². The van der Waals surface area contributed by atoms with Gasteiger partial charge < -0.3 is 34.8 Å². The van der Waals surface area contributed by atoms with Crippen LogP contribution in [0.2, 0.25) is 0 Å². The molecule has 0 bridgehead atoms. The zero-order chi connectivity index (χ0) is 40.8. The molecule has 5 atom stereocenters. The average molecular weight is 811 g/mol. The maximum absolute atomic E-state index is 12.6. The first-order valence-electron chi connectivity index (χ1n) is 22.2. The summed E-state index contributed by atoms with van der Waals surface area (Å²) in [5, 5.41) is 38.6. The summed E-state index contributed by atoms with van der Waals surface area (Å²) >= 11 is 0. The van der Waals surface area contributed by atoms with Gasteiger partial charge in [0.2, 0.25) is 0 Å². The lowest BCUT2D eigenvalue weighted by molar-refractivity contribution is -0.161. The van der Waals surface area contributed by atoms with E-state index in [1.807, 2.05) is 0 Å². The minimum atomic E-state index is -4.64. The number of carbonyl (C=O) groups excluding carboxylic acids is 2. The van der Waals surface area contributed by atoms with E-state index in [2.05, 4.69) is 18.4 Å². The summed E-state index contributed by atoms with van der Waals surface area (Å²) in [4.78, 5) is 35.0. The van der Waals surface area contributed by atoms with E-state index in [1.54, 1.807) is 0 Å². The molecule has 0 aliphatic rings. The van der Waals surface area contributed by atoms with E-state index in [0.29, 0.717) is 25.7 Å². The second-order valence-corrected chi connectivity index (χ2v) is 16.8. The Kier molecular flexibility index (Phi) is 37.6. The predicted octanol–water partition coefficient (Wildman–Crippen LogP) is 9.39. The molecule has 0 heterocycles. The number of hydrogen-bond donors (Lipinski definition) is 5. The van der Waals surface area contributed by atoms with Crippen molar-refractivity contribution in [2.45, 2.75) is 231 Å². The Morgan fingerprint density at radius 1 is 0.509 bits per heavy atom. The van der Waals surface area contributed by atoms with Gasteiger partial charge in [-0.1, -0.05) is 168 Å². The van der Waals surface area contributed by atoms with E-state index in [4.69, 9.17) is 19.1 Å². The molecule has 0 aliphatic carbocycles. The number of phosphoric acid groups is 1. The first-order chi connectivity index (χ1) is 26.5. The van der Waals surface area contributed by atoms with Crippen LogP contribution in [0, 0.1) is 0 Å². The third-order valence-electron chi connectivity index (χ3n) is 9.96. The van der Waals surface area contributed by atoms with Gasteiger partial charge in [0, 0.05) is 12.8 Å². The molecule has 0 spiro atoms. The van der Waals surface area contributed by atoms with Crippen molar-refractivity contribution in [2.24, 2.45) is 0 Å². The van der Waals surface area contributed by atoms with E-state index in [9.17, 15) is 34.4 Å². The number of rotatable bonds is 42. The van der Waals surface area contributed by atoms with Crippen LogP contribution >= 0.6 is 7.82 Å². The van der Waals surface area contributed by atoms with Gasteiger partial charge in [-0.3, -0.25) is 18.6 Å². The summed E-state index contributed by atoms with van der Waals surface area (Å²) in [6.07, 6.45) is 26.6. The van der Waals surface area contributed by atoms with E-state index in [0.717, 1.165) is 83.5 Å². The predicted molar refractivity (Wildman–Crippen MR) is 218 cm³/mol. The van der Waals surface area contributed by atoms with Crippen LogP contribution < -0.4 is 0 Å². The molecular weight excluding hydrogens is 727 g/mol. The molecule has 13 heteroatoms. The van der Waals surface area contributed by atoms with Gasteiger partial charge in [-0.05, 0) is 25.7 Å². The van der Waals surface area contributed by atoms with Gasteiger partial charge >= 0.3 is 19.8 Å². The molecule has 55 heavy (non-hydrogen) atoms. The van der Waals surface area contributed by atoms with Crippen molar-refractivity contribution >= 4 is 19.8 Å². The van der Waals surface area contributed by atoms with Crippen LogP contribution in [-0.2, 0) is 32.7 Å². The molecule has 328 valence electrons. The van der Waals surface area contributed by atoms with Gasteiger partial charge in [-0.2, -0.15) is 0 Å². The standard InChI is InChI=1S/C42H83O12P/c1-3-5-7-9-10-11-12-13-14-15-16-17-20-23-27-31-41(47)51-35-38(36-53-55(49,50)52-34-37(44)33-43)54-42(48)32-28-24-21-18-19-22-26-30-40(46)39(45)29-25-8-6-4-2/h37-40,43-46H,3-36H2,1-2H3,(H,49,50). The van der Waals surface area contributed by atoms with E-state index < -0.39 is 64.0 Å². The number of hydrogen-bond acceptors (Lipinski definition) is 11. The molecule has 0 saturated carbocycles. The number of esters is 2. The Hall–Kier alpha value is -1.11. The Balaban J connectivity index is 4.33. The van der Waals surface area contributed by atoms with E-state index >= 15 is 0 Å². The maximum atomic E-state index is 12.6. The maximum Gasteiger partial charge on any atom is 0.472 e. The van der Waals surface area contributed by atoms with Crippen molar-refractivity contribution < 1.29 is 58.0 Å². The van der Waals surface area contributed by atoms with Gasteiger partial charge in [0.1, 0.15) is 12.7 Å². The van der Waals surface area contributed by atoms with E-state index in [-0.39, 0.29) is 19.4 Å². The monoisotopic (exact) mass is 811 g/mol. The summed E-state index contributed by atoms with van der Waals surface area (Å²) in [5.41, 5.74) is 0. The highest BCUT2D eigenvalue weighted by Gasteiger charge is 2.27. The number of aliphatic hydroxyl groups is 4. The lowest BCUT2D eigenvalue weighted by Gasteiger charge is -2.20. The van der Waals surface area contributed by atoms with Crippen LogP contribution in [0.3, 0.4) is 0 Å². The quantitative estimate of drug-likeness (QED) is 0.0224. The molecule has 0 aromatic heterocycles. The van der Waals surface area contributed by atoms with Crippen molar-refractivity contribution in [3.8, 4) is 0 Å². The molecule has 0 saturated heterocycles. The lowest BCUT2D eigenvalue weighted by atomic mass is 10.00. The molecule has 0 aromatic rings. The number of phosphoric ester groups is 1. The Morgan fingerprint density at radius 2 is 0.873 bits per heavy atom. The Bertz CT molecular complexity index is 923. The van der Waals surface area contributed by atoms with Crippen LogP contribution in [0.1, 0.15) is 206 Å². The van der Waals surface area contributed by atoms with Crippen LogP contribution in [-0.4, -0.2) is 88.1 Å². The normalized spacial score (nSPS) is 15.0. The Morgan fingerprint density at radius 3 is 1.31 bits per heavy atom. The van der Waals surface area contributed by atoms with Crippen molar-refractivity contribution in [2.75, 3.05) is 26.4 Å². The molecule has 5 unspecified atom stereocenters. The van der Waals surface area contributed by atoms with Crippen molar-refractivity contribution in [1.29, 1.82) is 0 Å². The highest BCUT2D eigenvalue weighted by Crippen LogP contribution is 2.43. The summed E-state index contributed by atoms with van der Waals surface area (Å²) in [6, 6.07) is 0. The van der Waals surface area contributed by atoms with Gasteiger partial charge in [0.05, 0.1) is 32.0 Å². The van der Waals surface area contributed by atoms with Crippen molar-refractivity contribution in [3.05, 3.63) is 0 Å². The largest absolute Gasteiger partial charge is 0.472 e. The highest BCUT2D eigenvalue weighted by atomic mass is 31.2. The zero-order valence-electron chi connectivity index (χ0n) is 34.9. The number of aliphatic hydroxyl groups excluding tert-OH is 4. The minimum absolute atomic E-state index is 0.127. The van der Waals surface area contributed by atoms with Gasteiger partial charge in [0.25, 0.3) is 0 Å². The fourth-order valence-electron chi connectivity index (χ4n) is 6.38. The van der Waals surface area contributed by atoms with Gasteiger partial charge in [-0.15, -0.1) is 0 Å². The second kappa shape index (κ2) is 38.4. The number of carbonyl (C=O) groups is 2. The zero-order valence-corrected chi connectivity index (χ0v) is 35.8. The molecule has 0 radical (unpaired) electrons. The SMILES string of the molecule is CCCCCCCCCCCCCCCCCC(=O)OCC(COP(=O)(O)OCC(O)CO)OC(=O)CCCCCCCCCC(O)C(O)CCCCCC. The fraction of sp³-hybridized carbons (Fsp3) is 0.952. The number of unbranched alkanes of at least 4 members (excludes halogenated alkanes) is 23. The molecule has 0 aliphatic heterocycles. The Labute approximate surface area is 334 Å². The molecule has 5 N–H and O–H groups in total. The van der Waals surface area contributed by atoms with Gasteiger partial charge in [0.15, 0.2) is 6.10 Å². The molecule has 0 amide bonds. The fourth-order valence-corrected chi connectivity index (χ4v) is 7.17. The topological polar surface area (TPSA) is 189 Å². The highest BCUT2D eigenvalue weighted by molar-refractivity contribution is 7.47. The lowest BCUT2D eigenvalue weighted by Crippen LogP contribution is -2.29. The first kappa shape index (κ1) is 53.9.